The number of benzene rings is 3. The highest BCUT2D eigenvalue weighted by molar-refractivity contribution is 5.86. The first-order chi connectivity index (χ1) is 13.8. The molecule has 0 spiro atoms. The number of carbonyl (C=O) groups excluding carboxylic acids is 1. The highest BCUT2D eigenvalue weighted by Gasteiger charge is 2.15. The summed E-state index contributed by atoms with van der Waals surface area (Å²) in [6.07, 6.45) is 0.805. The van der Waals surface area contributed by atoms with E-state index in [1.165, 1.54) is 0 Å². The first kappa shape index (κ1) is 17.4. The lowest BCUT2D eigenvalue weighted by atomic mass is 9.97. The van der Waals surface area contributed by atoms with Gasteiger partial charge in [-0.1, -0.05) is 66.7 Å². The van der Waals surface area contributed by atoms with Gasteiger partial charge in [0.05, 0.1) is 5.69 Å². The topological polar surface area (TPSA) is 72.3 Å². The molecule has 5 nitrogen and oxygen atoms in total. The monoisotopic (exact) mass is 365 g/mol. The number of nitrogens with zero attached hydrogens (tertiary/aromatic N) is 3. The van der Waals surface area contributed by atoms with Crippen molar-refractivity contribution in [3.8, 4) is 33.6 Å². The molecule has 0 radical (unpaired) electrons. The maximum Gasteiger partial charge on any atom is 0.150 e. The Bertz CT molecular complexity index is 1160. The van der Waals surface area contributed by atoms with Gasteiger partial charge in [-0.3, -0.25) is 4.79 Å². The Morgan fingerprint density at radius 3 is 2.25 bits per heavy atom. The standard InChI is InChI=1S/C23H15N3O2/c27-15-16-7-6-10-18(13-16)23-20(17-8-2-1-3-9-17)14-22(24-25-23)19-11-4-5-12-21(19)26-28/h1-15H. The SMILES string of the molecule is O=Cc1cccc(-c2nnc(-c3ccccc3N=O)cc2-c2ccccc2)c1. The second kappa shape index (κ2) is 7.72. The molecule has 0 saturated carbocycles. The van der Waals surface area contributed by atoms with Crippen molar-refractivity contribution in [1.29, 1.82) is 0 Å². The van der Waals surface area contributed by atoms with E-state index in [9.17, 15) is 9.70 Å². The van der Waals surface area contributed by atoms with Gasteiger partial charge in [0.2, 0.25) is 0 Å². The third kappa shape index (κ3) is 3.33. The van der Waals surface area contributed by atoms with Crippen molar-refractivity contribution in [1.82, 2.24) is 10.2 Å². The predicted octanol–water partition coefficient (Wildman–Crippen LogP) is 5.69. The summed E-state index contributed by atoms with van der Waals surface area (Å²) in [7, 11) is 0. The number of hydrogen-bond donors (Lipinski definition) is 0. The molecule has 0 amide bonds. The minimum absolute atomic E-state index is 0.312. The van der Waals surface area contributed by atoms with Crippen molar-refractivity contribution >= 4 is 12.0 Å². The van der Waals surface area contributed by atoms with Crippen molar-refractivity contribution in [3.63, 3.8) is 0 Å². The van der Waals surface area contributed by atoms with Crippen LogP contribution in [0.3, 0.4) is 0 Å². The molecule has 0 atom stereocenters. The number of hydrogen-bond acceptors (Lipinski definition) is 5. The maximum absolute atomic E-state index is 11.2. The van der Waals surface area contributed by atoms with Crippen molar-refractivity contribution < 1.29 is 4.79 Å². The van der Waals surface area contributed by atoms with Gasteiger partial charge in [-0.2, -0.15) is 0 Å². The van der Waals surface area contributed by atoms with Crippen molar-refractivity contribution in [2.24, 2.45) is 5.18 Å². The summed E-state index contributed by atoms with van der Waals surface area (Å²) in [5.74, 6) is 0. The van der Waals surface area contributed by atoms with E-state index >= 15 is 0 Å². The van der Waals surface area contributed by atoms with Crippen LogP contribution in [0.1, 0.15) is 10.4 Å². The van der Waals surface area contributed by atoms with Crippen molar-refractivity contribution in [2.45, 2.75) is 0 Å². The number of aromatic nitrogens is 2. The molecule has 0 unspecified atom stereocenters. The third-order valence-corrected chi connectivity index (χ3v) is 4.45. The molecular weight excluding hydrogens is 350 g/mol. The van der Waals surface area contributed by atoms with Crippen LogP contribution >= 0.6 is 0 Å². The van der Waals surface area contributed by atoms with Crippen LogP contribution in [0, 0.1) is 4.91 Å². The van der Waals surface area contributed by atoms with Gasteiger partial charge in [-0.05, 0) is 28.9 Å². The van der Waals surface area contributed by atoms with Crippen molar-refractivity contribution in [2.75, 3.05) is 0 Å². The molecule has 5 heteroatoms. The highest BCUT2D eigenvalue weighted by Crippen LogP contribution is 2.35. The minimum atomic E-state index is 0.312. The van der Waals surface area contributed by atoms with Crippen LogP contribution < -0.4 is 0 Å². The second-order valence-electron chi connectivity index (χ2n) is 6.21. The van der Waals surface area contributed by atoms with Crippen LogP contribution in [0.15, 0.2) is 90.1 Å². The largest absolute Gasteiger partial charge is 0.298 e. The number of nitroso groups, excluding NO2 is 1. The Hall–Kier alpha value is -3.99. The highest BCUT2D eigenvalue weighted by atomic mass is 16.3. The lowest BCUT2D eigenvalue weighted by molar-refractivity contribution is 0.112. The summed E-state index contributed by atoms with van der Waals surface area (Å²) in [5, 5.41) is 11.9. The Morgan fingerprint density at radius 2 is 1.46 bits per heavy atom. The van der Waals surface area contributed by atoms with E-state index in [4.69, 9.17) is 0 Å². The van der Waals surface area contributed by atoms with E-state index in [0.29, 0.717) is 28.2 Å². The maximum atomic E-state index is 11.2. The quantitative estimate of drug-likeness (QED) is 0.336. The fourth-order valence-electron chi connectivity index (χ4n) is 3.10. The molecule has 0 aliphatic rings. The lowest BCUT2D eigenvalue weighted by Crippen LogP contribution is -1.96. The summed E-state index contributed by atoms with van der Waals surface area (Å²) < 4.78 is 0. The molecule has 4 aromatic rings. The second-order valence-corrected chi connectivity index (χ2v) is 6.21. The fraction of sp³-hybridized carbons (Fsp3) is 0. The number of carbonyl (C=O) groups is 1. The molecule has 0 saturated heterocycles. The summed E-state index contributed by atoms with van der Waals surface area (Å²) in [6.45, 7) is 0. The molecule has 1 heterocycles. The van der Waals surface area contributed by atoms with Crippen LogP contribution in [-0.4, -0.2) is 16.5 Å². The molecule has 3 aromatic carbocycles. The fourth-order valence-corrected chi connectivity index (χ4v) is 3.10. The molecule has 28 heavy (non-hydrogen) atoms. The van der Waals surface area contributed by atoms with E-state index in [1.807, 2.05) is 54.6 Å². The summed E-state index contributed by atoms with van der Waals surface area (Å²) in [4.78, 5) is 22.4. The molecular formula is C23H15N3O2. The van der Waals surface area contributed by atoms with Gasteiger partial charge < -0.3 is 0 Å². The van der Waals surface area contributed by atoms with Crippen LogP contribution in [0.4, 0.5) is 5.69 Å². The smallest absolute Gasteiger partial charge is 0.150 e. The third-order valence-electron chi connectivity index (χ3n) is 4.45. The number of rotatable bonds is 5. The predicted molar refractivity (Wildman–Crippen MR) is 109 cm³/mol. The van der Waals surface area contributed by atoms with E-state index in [1.54, 1.807) is 30.3 Å². The zero-order valence-corrected chi connectivity index (χ0v) is 14.8. The zero-order valence-electron chi connectivity index (χ0n) is 14.8. The van der Waals surface area contributed by atoms with Crippen LogP contribution in [-0.2, 0) is 0 Å². The van der Waals surface area contributed by atoms with Gasteiger partial charge in [0.1, 0.15) is 17.7 Å². The van der Waals surface area contributed by atoms with Crippen LogP contribution in [0.2, 0.25) is 0 Å². The van der Waals surface area contributed by atoms with Crippen molar-refractivity contribution in [3.05, 3.63) is 95.4 Å². The number of aldehydes is 1. The van der Waals surface area contributed by atoms with Gasteiger partial charge in [0.15, 0.2) is 0 Å². The summed E-state index contributed by atoms with van der Waals surface area (Å²) >= 11 is 0. The summed E-state index contributed by atoms with van der Waals surface area (Å²) in [5.41, 5.74) is 5.33. The Morgan fingerprint density at radius 1 is 0.714 bits per heavy atom. The first-order valence-electron chi connectivity index (χ1n) is 8.71. The molecule has 0 bridgehead atoms. The normalized spacial score (nSPS) is 10.4. The molecule has 0 fully saturated rings. The van der Waals surface area contributed by atoms with Gasteiger partial charge in [0, 0.05) is 22.3 Å². The average molecular weight is 365 g/mol. The van der Waals surface area contributed by atoms with E-state index in [2.05, 4.69) is 15.4 Å². The molecule has 4 rings (SSSR count). The van der Waals surface area contributed by atoms with E-state index < -0.39 is 0 Å². The molecule has 1 aromatic heterocycles. The molecule has 0 aliphatic heterocycles. The van der Waals surface area contributed by atoms with Gasteiger partial charge in [-0.25, -0.2) is 0 Å². The van der Waals surface area contributed by atoms with E-state index in [0.717, 1.165) is 23.0 Å². The minimum Gasteiger partial charge on any atom is -0.298 e. The average Bonchev–Trinajstić information content (AvgIpc) is 2.79. The lowest BCUT2D eigenvalue weighted by Gasteiger charge is -2.11. The van der Waals surface area contributed by atoms with Crippen LogP contribution in [0.25, 0.3) is 33.6 Å². The Labute approximate surface area is 161 Å². The Kier molecular flexibility index (Phi) is 4.80. The Balaban J connectivity index is 1.95. The van der Waals surface area contributed by atoms with E-state index in [-0.39, 0.29) is 0 Å². The van der Waals surface area contributed by atoms with Gasteiger partial charge in [0.25, 0.3) is 0 Å². The first-order valence-corrected chi connectivity index (χ1v) is 8.71. The molecule has 0 N–H and O–H groups in total. The summed E-state index contributed by atoms with van der Waals surface area (Å²) in [6, 6.07) is 26.0. The molecule has 134 valence electrons. The zero-order chi connectivity index (χ0) is 19.3. The molecule has 0 aliphatic carbocycles. The van der Waals surface area contributed by atoms with Gasteiger partial charge >= 0.3 is 0 Å². The van der Waals surface area contributed by atoms with Crippen LogP contribution in [0.5, 0.6) is 0 Å². The van der Waals surface area contributed by atoms with Gasteiger partial charge in [-0.15, -0.1) is 15.1 Å².